The first kappa shape index (κ1) is 13.5. The van der Waals surface area contributed by atoms with Crippen LogP contribution in [-0.4, -0.2) is 42.9 Å². The van der Waals surface area contributed by atoms with Crippen LogP contribution >= 0.6 is 0 Å². The molecule has 1 aromatic carbocycles. The average Bonchev–Trinajstić information content (AvgIpc) is 2.32. The van der Waals surface area contributed by atoms with Crippen LogP contribution in [0.25, 0.3) is 0 Å². The molecular formula is C15H23NO2. The van der Waals surface area contributed by atoms with Gasteiger partial charge >= 0.3 is 0 Å². The summed E-state index contributed by atoms with van der Waals surface area (Å²) in [6.07, 6.45) is 0.557. The normalized spacial score (nSPS) is 24.4. The van der Waals surface area contributed by atoms with E-state index in [1.807, 2.05) is 0 Å². The minimum atomic E-state index is -0.210. The number of ether oxygens (including phenoxy) is 1. The Balaban J connectivity index is 1.86. The van der Waals surface area contributed by atoms with Crippen LogP contribution in [0.5, 0.6) is 0 Å². The number of aliphatic hydroxyl groups is 1. The summed E-state index contributed by atoms with van der Waals surface area (Å²) in [5, 5.41) is 9.92. The van der Waals surface area contributed by atoms with Crippen molar-refractivity contribution >= 4 is 0 Å². The minimum Gasteiger partial charge on any atom is -0.393 e. The maximum absolute atomic E-state index is 9.92. The fourth-order valence-electron chi connectivity index (χ4n) is 2.55. The lowest BCUT2D eigenvalue weighted by Gasteiger charge is -2.31. The summed E-state index contributed by atoms with van der Waals surface area (Å²) in [6.45, 7) is 5.29. The summed E-state index contributed by atoms with van der Waals surface area (Å²) in [7, 11) is 2.10. The van der Waals surface area contributed by atoms with Crippen LogP contribution in [0.2, 0.25) is 0 Å². The molecule has 0 aromatic heterocycles. The third-order valence-corrected chi connectivity index (χ3v) is 3.52. The summed E-state index contributed by atoms with van der Waals surface area (Å²) in [6, 6.07) is 8.57. The lowest BCUT2D eigenvalue weighted by molar-refractivity contribution is -0.0451. The molecule has 0 amide bonds. The Bertz CT molecular complexity index is 381. The summed E-state index contributed by atoms with van der Waals surface area (Å²) in [5.41, 5.74) is 2.62. The number of nitrogens with zero attached hydrogens (tertiary/aromatic N) is 1. The second-order valence-electron chi connectivity index (χ2n) is 5.38. The summed E-state index contributed by atoms with van der Waals surface area (Å²) in [4.78, 5) is 2.26. The van der Waals surface area contributed by atoms with Gasteiger partial charge in [0.1, 0.15) is 0 Å². The Morgan fingerprint density at radius 1 is 1.44 bits per heavy atom. The third-order valence-electron chi connectivity index (χ3n) is 3.52. The van der Waals surface area contributed by atoms with E-state index >= 15 is 0 Å². The SMILES string of the molecule is Cc1cccc(CN(C)CC2COCCC2O)c1. The molecule has 1 N–H and O–H groups in total. The van der Waals surface area contributed by atoms with E-state index in [4.69, 9.17) is 4.74 Å². The van der Waals surface area contributed by atoms with Gasteiger partial charge in [0.05, 0.1) is 12.7 Å². The van der Waals surface area contributed by atoms with E-state index in [1.54, 1.807) is 0 Å². The van der Waals surface area contributed by atoms with Gasteiger partial charge in [0.15, 0.2) is 0 Å². The highest BCUT2D eigenvalue weighted by atomic mass is 16.5. The second kappa shape index (κ2) is 6.32. The first-order valence-electron chi connectivity index (χ1n) is 6.65. The van der Waals surface area contributed by atoms with Crippen LogP contribution in [0, 0.1) is 12.8 Å². The highest BCUT2D eigenvalue weighted by Crippen LogP contribution is 2.16. The third kappa shape index (κ3) is 3.80. The molecule has 0 aliphatic carbocycles. The van der Waals surface area contributed by atoms with Crippen molar-refractivity contribution in [3.05, 3.63) is 35.4 Å². The van der Waals surface area contributed by atoms with Gasteiger partial charge in [0.25, 0.3) is 0 Å². The Kier molecular flexibility index (Phi) is 4.75. The number of hydrogen-bond acceptors (Lipinski definition) is 3. The van der Waals surface area contributed by atoms with Crippen LogP contribution in [-0.2, 0) is 11.3 Å². The second-order valence-corrected chi connectivity index (χ2v) is 5.38. The van der Waals surface area contributed by atoms with Crippen LogP contribution in [0.3, 0.4) is 0 Å². The standard InChI is InChI=1S/C15H23NO2/c1-12-4-3-5-13(8-12)9-16(2)10-14-11-18-7-6-15(14)17/h3-5,8,14-15,17H,6-7,9-11H2,1-2H3. The van der Waals surface area contributed by atoms with Crippen LogP contribution < -0.4 is 0 Å². The largest absolute Gasteiger partial charge is 0.393 e. The molecule has 0 bridgehead atoms. The molecule has 1 aliphatic rings. The molecule has 0 radical (unpaired) electrons. The van der Waals surface area contributed by atoms with Gasteiger partial charge in [-0.3, -0.25) is 0 Å². The zero-order valence-corrected chi connectivity index (χ0v) is 11.3. The zero-order chi connectivity index (χ0) is 13.0. The molecule has 1 aliphatic heterocycles. The molecule has 3 nitrogen and oxygen atoms in total. The van der Waals surface area contributed by atoms with E-state index in [0.29, 0.717) is 13.2 Å². The van der Waals surface area contributed by atoms with E-state index in [2.05, 4.69) is 43.1 Å². The molecule has 1 saturated heterocycles. The number of hydrogen-bond donors (Lipinski definition) is 1. The van der Waals surface area contributed by atoms with E-state index < -0.39 is 0 Å². The molecule has 1 aromatic rings. The molecule has 2 rings (SSSR count). The maximum atomic E-state index is 9.92. The molecule has 100 valence electrons. The summed E-state index contributed by atoms with van der Waals surface area (Å²) in [5.74, 6) is 0.244. The predicted octanol–water partition coefficient (Wildman–Crippen LogP) is 1.82. The smallest absolute Gasteiger partial charge is 0.0624 e. The Labute approximate surface area is 109 Å². The van der Waals surface area contributed by atoms with Gasteiger partial charge < -0.3 is 14.7 Å². The van der Waals surface area contributed by atoms with Crippen LogP contribution in [0.1, 0.15) is 17.5 Å². The highest BCUT2D eigenvalue weighted by molar-refractivity contribution is 5.21. The number of rotatable bonds is 4. The Hall–Kier alpha value is -0.900. The molecule has 2 unspecified atom stereocenters. The Morgan fingerprint density at radius 3 is 3.00 bits per heavy atom. The molecular weight excluding hydrogens is 226 g/mol. The number of aliphatic hydroxyl groups excluding tert-OH is 1. The van der Waals surface area contributed by atoms with E-state index in [0.717, 1.165) is 19.5 Å². The van der Waals surface area contributed by atoms with Crippen molar-refractivity contribution in [3.63, 3.8) is 0 Å². The van der Waals surface area contributed by atoms with Crippen molar-refractivity contribution in [1.29, 1.82) is 0 Å². The average molecular weight is 249 g/mol. The molecule has 3 heteroatoms. The first-order valence-corrected chi connectivity index (χ1v) is 6.65. The number of aryl methyl sites for hydroxylation is 1. The van der Waals surface area contributed by atoms with Crippen LogP contribution in [0.15, 0.2) is 24.3 Å². The lowest BCUT2D eigenvalue weighted by Crippen LogP contribution is -2.39. The van der Waals surface area contributed by atoms with Crippen molar-refractivity contribution in [3.8, 4) is 0 Å². The molecule has 1 fully saturated rings. The highest BCUT2D eigenvalue weighted by Gasteiger charge is 2.24. The van der Waals surface area contributed by atoms with Gasteiger partial charge in [0.2, 0.25) is 0 Å². The van der Waals surface area contributed by atoms with Crippen molar-refractivity contribution in [1.82, 2.24) is 4.90 Å². The molecule has 0 spiro atoms. The maximum Gasteiger partial charge on any atom is 0.0624 e. The van der Waals surface area contributed by atoms with E-state index in [1.165, 1.54) is 11.1 Å². The van der Waals surface area contributed by atoms with Crippen molar-refractivity contribution in [2.45, 2.75) is 26.0 Å². The van der Waals surface area contributed by atoms with Gasteiger partial charge in [-0.25, -0.2) is 0 Å². The van der Waals surface area contributed by atoms with Gasteiger partial charge in [0, 0.05) is 25.6 Å². The molecule has 0 saturated carbocycles. The first-order chi connectivity index (χ1) is 8.65. The fraction of sp³-hybridized carbons (Fsp3) is 0.600. The van der Waals surface area contributed by atoms with Gasteiger partial charge in [-0.15, -0.1) is 0 Å². The molecule has 1 heterocycles. The quantitative estimate of drug-likeness (QED) is 0.883. The topological polar surface area (TPSA) is 32.7 Å². The fourth-order valence-corrected chi connectivity index (χ4v) is 2.55. The summed E-state index contributed by atoms with van der Waals surface area (Å²) < 4.78 is 5.44. The van der Waals surface area contributed by atoms with Crippen molar-refractivity contribution in [2.75, 3.05) is 26.8 Å². The van der Waals surface area contributed by atoms with Gasteiger partial charge in [-0.1, -0.05) is 29.8 Å². The summed E-state index contributed by atoms with van der Waals surface area (Å²) >= 11 is 0. The van der Waals surface area contributed by atoms with Gasteiger partial charge in [-0.2, -0.15) is 0 Å². The predicted molar refractivity (Wildman–Crippen MR) is 72.4 cm³/mol. The van der Waals surface area contributed by atoms with E-state index in [-0.39, 0.29) is 12.0 Å². The zero-order valence-electron chi connectivity index (χ0n) is 11.3. The minimum absolute atomic E-state index is 0.210. The van der Waals surface area contributed by atoms with Crippen LogP contribution in [0.4, 0.5) is 0 Å². The molecule has 18 heavy (non-hydrogen) atoms. The van der Waals surface area contributed by atoms with Crippen molar-refractivity contribution in [2.24, 2.45) is 5.92 Å². The Morgan fingerprint density at radius 2 is 2.28 bits per heavy atom. The van der Waals surface area contributed by atoms with Gasteiger partial charge in [-0.05, 0) is 26.0 Å². The lowest BCUT2D eigenvalue weighted by atomic mass is 9.98. The molecule has 2 atom stereocenters. The van der Waals surface area contributed by atoms with Crippen molar-refractivity contribution < 1.29 is 9.84 Å². The monoisotopic (exact) mass is 249 g/mol. The van der Waals surface area contributed by atoms with E-state index in [9.17, 15) is 5.11 Å². The number of benzene rings is 1.